The first-order chi connectivity index (χ1) is 10.3. The Balaban J connectivity index is 2.37. The molecule has 1 aliphatic rings. The highest BCUT2D eigenvalue weighted by molar-refractivity contribution is 7.90. The SMILES string of the molecule is Cc1ccc([N+](=O)[O-])cc1S(=O)(=O)N=C(N)N1CCOCC1. The highest BCUT2D eigenvalue weighted by atomic mass is 32.2. The van der Waals surface area contributed by atoms with Gasteiger partial charge in [-0.1, -0.05) is 6.07 Å². The number of ether oxygens (including phenoxy) is 1. The van der Waals surface area contributed by atoms with Crippen LogP contribution in [0.3, 0.4) is 0 Å². The molecule has 10 heteroatoms. The van der Waals surface area contributed by atoms with Gasteiger partial charge in [0.1, 0.15) is 0 Å². The second kappa shape index (κ2) is 6.28. The maximum absolute atomic E-state index is 12.3. The summed E-state index contributed by atoms with van der Waals surface area (Å²) in [6.45, 7) is 3.30. The number of hydrogen-bond acceptors (Lipinski definition) is 5. The van der Waals surface area contributed by atoms with Crippen molar-refractivity contribution in [3.05, 3.63) is 33.9 Å². The van der Waals surface area contributed by atoms with Gasteiger partial charge in [0.05, 0.1) is 23.0 Å². The van der Waals surface area contributed by atoms with E-state index in [0.717, 1.165) is 6.07 Å². The molecule has 0 radical (unpaired) electrons. The smallest absolute Gasteiger partial charge is 0.286 e. The Morgan fingerprint density at radius 3 is 2.64 bits per heavy atom. The number of nitrogens with two attached hydrogens (primary N) is 1. The topological polar surface area (TPSA) is 128 Å². The molecule has 1 saturated heterocycles. The summed E-state index contributed by atoms with van der Waals surface area (Å²) in [6, 6.07) is 3.59. The zero-order valence-electron chi connectivity index (χ0n) is 11.9. The van der Waals surface area contributed by atoms with Crippen molar-refractivity contribution >= 4 is 21.7 Å². The van der Waals surface area contributed by atoms with E-state index in [0.29, 0.717) is 31.9 Å². The van der Waals surface area contributed by atoms with Gasteiger partial charge in [-0.25, -0.2) is 0 Å². The zero-order valence-corrected chi connectivity index (χ0v) is 12.7. The number of rotatable bonds is 3. The molecule has 0 spiro atoms. The average molecular weight is 328 g/mol. The lowest BCUT2D eigenvalue weighted by Gasteiger charge is -2.27. The standard InChI is InChI=1S/C12H16N4O5S/c1-9-2-3-10(16(17)18)8-11(9)22(19,20)14-12(13)15-4-6-21-7-5-15/h2-3,8H,4-7H2,1H3,(H2,13,14). The third-order valence-corrected chi connectivity index (χ3v) is 4.63. The lowest BCUT2D eigenvalue weighted by Crippen LogP contribution is -2.45. The monoisotopic (exact) mass is 328 g/mol. The van der Waals surface area contributed by atoms with Crippen molar-refractivity contribution in [3.8, 4) is 0 Å². The molecule has 2 N–H and O–H groups in total. The molecular weight excluding hydrogens is 312 g/mol. The molecule has 120 valence electrons. The summed E-state index contributed by atoms with van der Waals surface area (Å²) in [6.07, 6.45) is 0. The van der Waals surface area contributed by atoms with Gasteiger partial charge >= 0.3 is 0 Å². The van der Waals surface area contributed by atoms with E-state index in [2.05, 4.69) is 4.40 Å². The molecule has 0 saturated carbocycles. The van der Waals surface area contributed by atoms with Crippen LogP contribution < -0.4 is 5.73 Å². The minimum atomic E-state index is -4.12. The molecule has 2 rings (SSSR count). The number of nitro groups is 1. The quantitative estimate of drug-likeness (QED) is 0.364. The van der Waals surface area contributed by atoms with Crippen molar-refractivity contribution in [1.29, 1.82) is 0 Å². The minimum absolute atomic E-state index is 0.144. The van der Waals surface area contributed by atoms with Gasteiger partial charge in [0.2, 0.25) is 5.96 Å². The molecule has 1 aromatic rings. The molecular formula is C12H16N4O5S. The van der Waals surface area contributed by atoms with E-state index in [1.54, 1.807) is 4.90 Å². The molecule has 22 heavy (non-hydrogen) atoms. The van der Waals surface area contributed by atoms with Crippen LogP contribution in [-0.2, 0) is 14.8 Å². The van der Waals surface area contributed by atoms with E-state index in [1.165, 1.54) is 19.1 Å². The van der Waals surface area contributed by atoms with E-state index in [4.69, 9.17) is 10.5 Å². The number of nitrogens with zero attached hydrogens (tertiary/aromatic N) is 3. The Kier molecular flexibility index (Phi) is 4.62. The van der Waals surface area contributed by atoms with Crippen molar-refractivity contribution in [3.63, 3.8) is 0 Å². The first-order valence-electron chi connectivity index (χ1n) is 6.49. The molecule has 0 unspecified atom stereocenters. The normalized spacial score (nSPS) is 16.6. The molecule has 0 atom stereocenters. The third-order valence-electron chi connectivity index (χ3n) is 3.21. The Bertz CT molecular complexity index is 710. The van der Waals surface area contributed by atoms with Crippen LogP contribution in [0.2, 0.25) is 0 Å². The molecule has 0 aliphatic carbocycles. The van der Waals surface area contributed by atoms with Crippen LogP contribution in [0.4, 0.5) is 5.69 Å². The number of guanidine groups is 1. The predicted octanol–water partition coefficient (Wildman–Crippen LogP) is 0.239. The molecule has 0 aromatic heterocycles. The zero-order chi connectivity index (χ0) is 16.3. The number of nitro benzene ring substituents is 1. The molecule has 1 aliphatic heterocycles. The molecule has 1 aromatic carbocycles. The van der Waals surface area contributed by atoms with Crippen LogP contribution in [0, 0.1) is 17.0 Å². The Labute approximate surface area is 127 Å². The van der Waals surface area contributed by atoms with Crippen molar-refractivity contribution in [2.45, 2.75) is 11.8 Å². The second-order valence-corrected chi connectivity index (χ2v) is 6.30. The van der Waals surface area contributed by atoms with Crippen LogP contribution in [0.15, 0.2) is 27.5 Å². The van der Waals surface area contributed by atoms with Crippen LogP contribution in [0.5, 0.6) is 0 Å². The van der Waals surface area contributed by atoms with Crippen molar-refractivity contribution in [2.24, 2.45) is 10.1 Å². The molecule has 0 bridgehead atoms. The maximum atomic E-state index is 12.3. The Morgan fingerprint density at radius 2 is 2.05 bits per heavy atom. The average Bonchev–Trinajstić information content (AvgIpc) is 2.47. The molecule has 1 fully saturated rings. The summed E-state index contributed by atoms with van der Waals surface area (Å²) in [5.41, 5.74) is 5.78. The largest absolute Gasteiger partial charge is 0.378 e. The summed E-state index contributed by atoms with van der Waals surface area (Å²) in [4.78, 5) is 11.5. The lowest BCUT2D eigenvalue weighted by molar-refractivity contribution is -0.385. The first-order valence-corrected chi connectivity index (χ1v) is 7.93. The highest BCUT2D eigenvalue weighted by Gasteiger charge is 2.22. The van der Waals surface area contributed by atoms with Crippen molar-refractivity contribution in [2.75, 3.05) is 26.3 Å². The van der Waals surface area contributed by atoms with Crippen molar-refractivity contribution in [1.82, 2.24) is 4.90 Å². The Morgan fingerprint density at radius 1 is 1.41 bits per heavy atom. The van der Waals surface area contributed by atoms with Gasteiger partial charge in [0.15, 0.2) is 0 Å². The van der Waals surface area contributed by atoms with Gasteiger partial charge < -0.3 is 15.4 Å². The van der Waals surface area contributed by atoms with Gasteiger partial charge in [0, 0.05) is 25.2 Å². The van der Waals surface area contributed by atoms with Gasteiger partial charge in [-0.05, 0) is 12.5 Å². The van der Waals surface area contributed by atoms with E-state index in [-0.39, 0.29) is 16.5 Å². The third kappa shape index (κ3) is 3.52. The summed E-state index contributed by atoms with van der Waals surface area (Å²) in [5, 5.41) is 10.8. The number of hydrogen-bond donors (Lipinski definition) is 1. The van der Waals surface area contributed by atoms with Crippen molar-refractivity contribution < 1.29 is 18.1 Å². The van der Waals surface area contributed by atoms with Crippen LogP contribution in [0.25, 0.3) is 0 Å². The van der Waals surface area contributed by atoms with Gasteiger partial charge in [-0.2, -0.15) is 8.42 Å². The minimum Gasteiger partial charge on any atom is -0.378 e. The van der Waals surface area contributed by atoms with Crippen LogP contribution in [-0.4, -0.2) is 50.5 Å². The first kappa shape index (κ1) is 16.2. The summed E-state index contributed by atoms with van der Waals surface area (Å²) >= 11 is 0. The van der Waals surface area contributed by atoms with Gasteiger partial charge in [-0.15, -0.1) is 4.40 Å². The van der Waals surface area contributed by atoms with E-state index < -0.39 is 14.9 Å². The second-order valence-electron chi connectivity index (χ2n) is 4.73. The van der Waals surface area contributed by atoms with E-state index in [1.807, 2.05) is 0 Å². The lowest BCUT2D eigenvalue weighted by atomic mass is 10.2. The summed E-state index contributed by atoms with van der Waals surface area (Å²) in [5.74, 6) is -0.144. The highest BCUT2D eigenvalue weighted by Crippen LogP contribution is 2.23. The number of morpholine rings is 1. The van der Waals surface area contributed by atoms with E-state index in [9.17, 15) is 18.5 Å². The maximum Gasteiger partial charge on any atom is 0.286 e. The van der Waals surface area contributed by atoms with E-state index >= 15 is 0 Å². The Hall–Kier alpha value is -2.20. The fraction of sp³-hybridized carbons (Fsp3) is 0.417. The number of sulfonamides is 1. The summed E-state index contributed by atoms with van der Waals surface area (Å²) in [7, 11) is -4.12. The fourth-order valence-corrected chi connectivity index (χ4v) is 3.21. The molecule has 1 heterocycles. The van der Waals surface area contributed by atoms with Gasteiger partial charge in [0.25, 0.3) is 15.7 Å². The summed E-state index contributed by atoms with van der Waals surface area (Å²) < 4.78 is 33.4. The predicted molar refractivity (Wildman–Crippen MR) is 79.0 cm³/mol. The van der Waals surface area contributed by atoms with Crippen LogP contribution >= 0.6 is 0 Å². The number of non-ortho nitro benzene ring substituents is 1. The van der Waals surface area contributed by atoms with Gasteiger partial charge in [-0.3, -0.25) is 10.1 Å². The molecule has 0 amide bonds. The number of aryl methyl sites for hydroxylation is 1. The fourth-order valence-electron chi connectivity index (χ4n) is 2.00. The molecule has 9 nitrogen and oxygen atoms in total. The number of benzene rings is 1. The van der Waals surface area contributed by atoms with Crippen LogP contribution in [0.1, 0.15) is 5.56 Å².